The summed E-state index contributed by atoms with van der Waals surface area (Å²) in [7, 11) is 0. The van der Waals surface area contributed by atoms with E-state index < -0.39 is 0 Å². The Morgan fingerprint density at radius 2 is 1.95 bits per heavy atom. The SMILES string of the molecule is Cc1ccc(C)c(Sc2nc3ccc(N)cc3[nH]2)c1. The first-order valence-corrected chi connectivity index (χ1v) is 6.94. The van der Waals surface area contributed by atoms with E-state index in [2.05, 4.69) is 42.0 Å². The summed E-state index contributed by atoms with van der Waals surface area (Å²) in [5.74, 6) is 0. The monoisotopic (exact) mass is 269 g/mol. The molecule has 0 amide bonds. The fourth-order valence-corrected chi connectivity index (χ4v) is 2.96. The fraction of sp³-hybridized carbons (Fsp3) is 0.133. The van der Waals surface area contributed by atoms with Gasteiger partial charge in [-0.2, -0.15) is 0 Å². The van der Waals surface area contributed by atoms with Crippen LogP contribution in [0.25, 0.3) is 11.0 Å². The molecule has 1 heterocycles. The number of nitrogens with one attached hydrogen (secondary N) is 1. The van der Waals surface area contributed by atoms with Gasteiger partial charge in [-0.3, -0.25) is 0 Å². The average molecular weight is 269 g/mol. The molecule has 3 nitrogen and oxygen atoms in total. The lowest BCUT2D eigenvalue weighted by molar-refractivity contribution is 1.07. The van der Waals surface area contributed by atoms with Gasteiger partial charge < -0.3 is 10.7 Å². The molecule has 2 aromatic carbocycles. The first-order chi connectivity index (χ1) is 9.11. The third kappa shape index (κ3) is 2.44. The maximum absolute atomic E-state index is 5.78. The van der Waals surface area contributed by atoms with Gasteiger partial charge in [0.25, 0.3) is 0 Å². The minimum Gasteiger partial charge on any atom is -0.399 e. The normalized spacial score (nSPS) is 11.1. The first-order valence-electron chi connectivity index (χ1n) is 6.12. The lowest BCUT2D eigenvalue weighted by Crippen LogP contribution is -1.83. The van der Waals surface area contributed by atoms with Gasteiger partial charge in [0.1, 0.15) is 0 Å². The molecule has 0 bridgehead atoms. The summed E-state index contributed by atoms with van der Waals surface area (Å²) >= 11 is 1.65. The highest BCUT2D eigenvalue weighted by Crippen LogP contribution is 2.30. The second-order valence-electron chi connectivity index (χ2n) is 4.69. The molecule has 3 N–H and O–H groups in total. The van der Waals surface area contributed by atoms with Gasteiger partial charge in [-0.15, -0.1) is 0 Å². The first kappa shape index (κ1) is 12.1. The van der Waals surface area contributed by atoms with E-state index in [1.807, 2.05) is 18.2 Å². The Hall–Kier alpha value is -1.94. The minimum atomic E-state index is 0.749. The van der Waals surface area contributed by atoms with Crippen LogP contribution in [-0.4, -0.2) is 9.97 Å². The van der Waals surface area contributed by atoms with E-state index in [0.717, 1.165) is 21.9 Å². The topological polar surface area (TPSA) is 54.7 Å². The number of rotatable bonds is 2. The third-order valence-corrected chi connectivity index (χ3v) is 4.08. The number of aryl methyl sites for hydroxylation is 2. The summed E-state index contributed by atoms with van der Waals surface area (Å²) in [6.07, 6.45) is 0. The predicted molar refractivity (Wildman–Crippen MR) is 80.5 cm³/mol. The Bertz CT molecular complexity index is 746. The number of nitrogen functional groups attached to an aromatic ring is 1. The van der Waals surface area contributed by atoms with Gasteiger partial charge in [-0.05, 0) is 49.2 Å². The molecule has 0 aliphatic heterocycles. The number of H-pyrrole nitrogens is 1. The average Bonchev–Trinajstić information content (AvgIpc) is 2.75. The lowest BCUT2D eigenvalue weighted by atomic mass is 10.2. The molecule has 3 aromatic rings. The standard InChI is InChI=1S/C15H15N3S/c1-9-3-4-10(2)14(7-9)19-15-17-12-6-5-11(16)8-13(12)18-15/h3-8H,16H2,1-2H3,(H,17,18). The number of nitrogens with two attached hydrogens (primary N) is 1. The van der Waals surface area contributed by atoms with Crippen molar-refractivity contribution in [1.82, 2.24) is 9.97 Å². The summed E-state index contributed by atoms with van der Waals surface area (Å²) in [5, 5.41) is 0.898. The second kappa shape index (κ2) is 4.63. The molecular formula is C15H15N3S. The van der Waals surface area contributed by atoms with Crippen LogP contribution >= 0.6 is 11.8 Å². The van der Waals surface area contributed by atoms with Gasteiger partial charge >= 0.3 is 0 Å². The molecule has 0 saturated heterocycles. The van der Waals surface area contributed by atoms with Crippen LogP contribution in [0.15, 0.2) is 46.5 Å². The van der Waals surface area contributed by atoms with E-state index in [4.69, 9.17) is 5.73 Å². The van der Waals surface area contributed by atoms with E-state index in [1.165, 1.54) is 16.0 Å². The number of aromatic amines is 1. The van der Waals surface area contributed by atoms with E-state index >= 15 is 0 Å². The van der Waals surface area contributed by atoms with Crippen molar-refractivity contribution in [3.8, 4) is 0 Å². The molecule has 0 spiro atoms. The summed E-state index contributed by atoms with van der Waals surface area (Å²) in [5.41, 5.74) is 11.0. The van der Waals surface area contributed by atoms with E-state index in [0.29, 0.717) is 0 Å². The molecule has 0 fully saturated rings. The summed E-state index contributed by atoms with van der Waals surface area (Å²) in [6, 6.07) is 12.2. The van der Waals surface area contributed by atoms with Gasteiger partial charge in [0.05, 0.1) is 11.0 Å². The van der Waals surface area contributed by atoms with Crippen LogP contribution in [0.3, 0.4) is 0 Å². The highest BCUT2D eigenvalue weighted by molar-refractivity contribution is 7.99. The van der Waals surface area contributed by atoms with Crippen molar-refractivity contribution in [2.45, 2.75) is 23.9 Å². The molecular weight excluding hydrogens is 254 g/mol. The zero-order valence-electron chi connectivity index (χ0n) is 10.9. The Kier molecular flexibility index (Phi) is 2.95. The summed E-state index contributed by atoms with van der Waals surface area (Å²) < 4.78 is 0. The molecule has 0 unspecified atom stereocenters. The third-order valence-electron chi connectivity index (χ3n) is 3.03. The fourth-order valence-electron chi connectivity index (χ4n) is 1.97. The van der Waals surface area contributed by atoms with Crippen LogP contribution in [0.2, 0.25) is 0 Å². The smallest absolute Gasteiger partial charge is 0.171 e. The zero-order valence-corrected chi connectivity index (χ0v) is 11.7. The highest BCUT2D eigenvalue weighted by Gasteiger charge is 2.07. The molecule has 4 heteroatoms. The molecule has 0 aliphatic carbocycles. The molecule has 3 rings (SSSR count). The van der Waals surface area contributed by atoms with Crippen LogP contribution in [0.5, 0.6) is 0 Å². The van der Waals surface area contributed by atoms with Crippen LogP contribution in [0.1, 0.15) is 11.1 Å². The number of benzene rings is 2. The van der Waals surface area contributed by atoms with Crippen molar-refractivity contribution < 1.29 is 0 Å². The Balaban J connectivity index is 1.98. The van der Waals surface area contributed by atoms with Crippen LogP contribution in [0.4, 0.5) is 5.69 Å². The zero-order chi connectivity index (χ0) is 13.4. The van der Waals surface area contributed by atoms with Crippen molar-refractivity contribution >= 4 is 28.5 Å². The van der Waals surface area contributed by atoms with Gasteiger partial charge in [-0.1, -0.05) is 23.9 Å². The van der Waals surface area contributed by atoms with Crippen molar-refractivity contribution in [2.24, 2.45) is 0 Å². The predicted octanol–water partition coefficient (Wildman–Crippen LogP) is 3.91. The van der Waals surface area contributed by atoms with E-state index in [9.17, 15) is 0 Å². The van der Waals surface area contributed by atoms with Crippen molar-refractivity contribution in [2.75, 3.05) is 5.73 Å². The largest absolute Gasteiger partial charge is 0.399 e. The van der Waals surface area contributed by atoms with Gasteiger partial charge in [-0.25, -0.2) is 4.98 Å². The van der Waals surface area contributed by atoms with Crippen molar-refractivity contribution in [3.05, 3.63) is 47.5 Å². The molecule has 19 heavy (non-hydrogen) atoms. The van der Waals surface area contributed by atoms with Crippen LogP contribution in [-0.2, 0) is 0 Å². The number of hydrogen-bond donors (Lipinski definition) is 2. The van der Waals surface area contributed by atoms with Crippen LogP contribution in [0, 0.1) is 13.8 Å². The van der Waals surface area contributed by atoms with Gasteiger partial charge in [0, 0.05) is 10.6 Å². The van der Waals surface area contributed by atoms with Crippen LogP contribution < -0.4 is 5.73 Å². The Morgan fingerprint density at radius 3 is 2.79 bits per heavy atom. The van der Waals surface area contributed by atoms with Gasteiger partial charge in [0.2, 0.25) is 0 Å². The van der Waals surface area contributed by atoms with E-state index in [1.54, 1.807) is 11.8 Å². The number of fused-ring (bicyclic) bond motifs is 1. The maximum atomic E-state index is 5.78. The van der Waals surface area contributed by atoms with Gasteiger partial charge in [0.15, 0.2) is 5.16 Å². The second-order valence-corrected chi connectivity index (χ2v) is 5.72. The number of nitrogens with zero attached hydrogens (tertiary/aromatic N) is 1. The molecule has 0 atom stereocenters. The van der Waals surface area contributed by atoms with Crippen molar-refractivity contribution in [1.29, 1.82) is 0 Å². The number of anilines is 1. The lowest BCUT2D eigenvalue weighted by Gasteiger charge is -2.04. The maximum Gasteiger partial charge on any atom is 0.171 e. The molecule has 0 saturated carbocycles. The quantitative estimate of drug-likeness (QED) is 0.693. The number of imidazole rings is 1. The molecule has 0 aliphatic rings. The molecule has 0 radical (unpaired) electrons. The van der Waals surface area contributed by atoms with E-state index in [-0.39, 0.29) is 0 Å². The summed E-state index contributed by atoms with van der Waals surface area (Å²) in [6.45, 7) is 4.21. The summed E-state index contributed by atoms with van der Waals surface area (Å²) in [4.78, 5) is 9.10. The molecule has 96 valence electrons. The number of hydrogen-bond acceptors (Lipinski definition) is 3. The molecule has 1 aromatic heterocycles. The highest BCUT2D eigenvalue weighted by atomic mass is 32.2. The Morgan fingerprint density at radius 1 is 1.11 bits per heavy atom. The minimum absolute atomic E-state index is 0.749. The Labute approximate surface area is 116 Å². The number of aromatic nitrogens is 2. The van der Waals surface area contributed by atoms with Crippen molar-refractivity contribution in [3.63, 3.8) is 0 Å².